The molecule has 2 rings (SSSR count). The molecular formula is C12H21N3O3. The van der Waals surface area contributed by atoms with Crippen molar-refractivity contribution >= 4 is 11.8 Å². The van der Waals surface area contributed by atoms with Gasteiger partial charge in [-0.1, -0.05) is 0 Å². The van der Waals surface area contributed by atoms with E-state index in [4.69, 9.17) is 5.73 Å². The van der Waals surface area contributed by atoms with E-state index in [1.165, 1.54) is 0 Å². The molecule has 2 amide bonds. The van der Waals surface area contributed by atoms with Crippen LogP contribution in [-0.4, -0.2) is 53.6 Å². The lowest BCUT2D eigenvalue weighted by molar-refractivity contribution is -0.145. The Labute approximate surface area is 107 Å². The Morgan fingerprint density at radius 2 is 2.22 bits per heavy atom. The maximum Gasteiger partial charge on any atom is 0.253 e. The third kappa shape index (κ3) is 2.81. The predicted molar refractivity (Wildman–Crippen MR) is 65.5 cm³/mol. The van der Waals surface area contributed by atoms with Crippen LogP contribution in [0.2, 0.25) is 0 Å². The van der Waals surface area contributed by atoms with E-state index in [2.05, 4.69) is 5.32 Å². The highest BCUT2D eigenvalue weighted by atomic mass is 16.3. The van der Waals surface area contributed by atoms with Crippen molar-refractivity contribution in [1.82, 2.24) is 10.2 Å². The Kier molecular flexibility index (Phi) is 4.19. The monoisotopic (exact) mass is 255 g/mol. The molecule has 102 valence electrons. The van der Waals surface area contributed by atoms with Crippen molar-refractivity contribution in [3.05, 3.63) is 0 Å². The molecule has 2 fully saturated rings. The first-order chi connectivity index (χ1) is 8.59. The summed E-state index contributed by atoms with van der Waals surface area (Å²) in [4.78, 5) is 25.0. The number of carbonyl (C=O) groups excluding carboxylic acids is 2. The Balaban J connectivity index is 1.84. The maximum atomic E-state index is 11.8. The Morgan fingerprint density at radius 3 is 2.78 bits per heavy atom. The number of hydrogen-bond acceptors (Lipinski definition) is 4. The standard InChI is InChI=1S/C12H21N3O3/c13-9(7-8-3-1-4-14-11(8)17)10(16)12(18)15-5-2-6-15/h8-10,16H,1-7,13H2,(H,14,17)/t8-,9-,10?/m0/s1. The molecule has 2 saturated heterocycles. The summed E-state index contributed by atoms with van der Waals surface area (Å²) in [7, 11) is 0. The number of aliphatic hydroxyl groups excluding tert-OH is 1. The number of rotatable bonds is 4. The number of likely N-dealkylation sites (tertiary alicyclic amines) is 1. The minimum Gasteiger partial charge on any atom is -0.382 e. The van der Waals surface area contributed by atoms with Gasteiger partial charge in [-0.3, -0.25) is 9.59 Å². The maximum absolute atomic E-state index is 11.8. The van der Waals surface area contributed by atoms with E-state index in [1.54, 1.807) is 4.90 Å². The van der Waals surface area contributed by atoms with Crippen molar-refractivity contribution < 1.29 is 14.7 Å². The van der Waals surface area contributed by atoms with Gasteiger partial charge < -0.3 is 21.1 Å². The number of piperidine rings is 1. The Hall–Kier alpha value is -1.14. The molecule has 18 heavy (non-hydrogen) atoms. The molecule has 3 atom stereocenters. The second kappa shape index (κ2) is 5.67. The van der Waals surface area contributed by atoms with E-state index in [0.29, 0.717) is 26.1 Å². The van der Waals surface area contributed by atoms with Gasteiger partial charge in [0.1, 0.15) is 6.10 Å². The van der Waals surface area contributed by atoms with Crippen LogP contribution in [0.4, 0.5) is 0 Å². The van der Waals surface area contributed by atoms with Crippen molar-refractivity contribution in [2.45, 2.75) is 37.8 Å². The lowest BCUT2D eigenvalue weighted by Gasteiger charge is -2.34. The highest BCUT2D eigenvalue weighted by Crippen LogP contribution is 2.19. The van der Waals surface area contributed by atoms with Crippen molar-refractivity contribution in [1.29, 1.82) is 0 Å². The fraction of sp³-hybridized carbons (Fsp3) is 0.833. The zero-order valence-corrected chi connectivity index (χ0v) is 10.5. The van der Waals surface area contributed by atoms with Gasteiger partial charge in [-0.15, -0.1) is 0 Å². The molecule has 0 aromatic heterocycles. The zero-order valence-electron chi connectivity index (χ0n) is 10.5. The van der Waals surface area contributed by atoms with Crippen molar-refractivity contribution in [3.63, 3.8) is 0 Å². The third-order valence-electron chi connectivity index (χ3n) is 3.78. The molecule has 0 aromatic rings. The molecule has 0 aliphatic carbocycles. The van der Waals surface area contributed by atoms with Gasteiger partial charge in [-0.25, -0.2) is 0 Å². The summed E-state index contributed by atoms with van der Waals surface area (Å²) in [6.45, 7) is 2.11. The average Bonchev–Trinajstić information content (AvgIpc) is 2.28. The van der Waals surface area contributed by atoms with Crippen LogP contribution in [0.15, 0.2) is 0 Å². The normalized spacial score (nSPS) is 27.1. The smallest absolute Gasteiger partial charge is 0.253 e. The van der Waals surface area contributed by atoms with Gasteiger partial charge >= 0.3 is 0 Å². The zero-order chi connectivity index (χ0) is 13.1. The molecule has 0 aromatic carbocycles. The largest absolute Gasteiger partial charge is 0.382 e. The van der Waals surface area contributed by atoms with E-state index in [-0.39, 0.29) is 17.7 Å². The summed E-state index contributed by atoms with van der Waals surface area (Å²) in [6, 6.07) is -0.660. The molecule has 0 bridgehead atoms. The van der Waals surface area contributed by atoms with E-state index in [1.807, 2.05) is 0 Å². The Morgan fingerprint density at radius 1 is 1.50 bits per heavy atom. The van der Waals surface area contributed by atoms with Crippen LogP contribution in [0.3, 0.4) is 0 Å². The molecule has 6 nitrogen and oxygen atoms in total. The summed E-state index contributed by atoms with van der Waals surface area (Å²) >= 11 is 0. The molecule has 1 unspecified atom stereocenters. The average molecular weight is 255 g/mol. The van der Waals surface area contributed by atoms with E-state index in [0.717, 1.165) is 19.3 Å². The van der Waals surface area contributed by atoms with Crippen LogP contribution in [-0.2, 0) is 9.59 Å². The molecule has 2 heterocycles. The number of nitrogens with one attached hydrogen (secondary N) is 1. The molecular weight excluding hydrogens is 234 g/mol. The van der Waals surface area contributed by atoms with Crippen LogP contribution in [0.25, 0.3) is 0 Å². The van der Waals surface area contributed by atoms with E-state index < -0.39 is 12.1 Å². The summed E-state index contributed by atoms with van der Waals surface area (Å²) < 4.78 is 0. The fourth-order valence-electron chi connectivity index (χ4n) is 2.42. The lowest BCUT2D eigenvalue weighted by atomic mass is 9.89. The first kappa shape index (κ1) is 13.3. The number of amides is 2. The van der Waals surface area contributed by atoms with Gasteiger partial charge in [0.15, 0.2) is 0 Å². The molecule has 6 heteroatoms. The molecule has 0 radical (unpaired) electrons. The van der Waals surface area contributed by atoms with Crippen LogP contribution >= 0.6 is 0 Å². The summed E-state index contributed by atoms with van der Waals surface area (Å²) in [5.74, 6) is -0.488. The van der Waals surface area contributed by atoms with E-state index >= 15 is 0 Å². The highest BCUT2D eigenvalue weighted by Gasteiger charge is 2.33. The molecule has 2 aliphatic rings. The van der Waals surface area contributed by atoms with Gasteiger partial charge in [0.2, 0.25) is 5.91 Å². The summed E-state index contributed by atoms with van der Waals surface area (Å²) in [5, 5.41) is 12.7. The van der Waals surface area contributed by atoms with Gasteiger partial charge in [-0.2, -0.15) is 0 Å². The second-order valence-corrected chi connectivity index (χ2v) is 5.15. The number of nitrogens with zero attached hydrogens (tertiary/aromatic N) is 1. The predicted octanol–water partition coefficient (Wildman–Crippen LogP) is -1.18. The van der Waals surface area contributed by atoms with Crippen molar-refractivity contribution in [3.8, 4) is 0 Å². The summed E-state index contributed by atoms with van der Waals surface area (Å²) in [6.07, 6.45) is 1.88. The molecule has 0 saturated carbocycles. The molecule has 2 aliphatic heterocycles. The Bertz CT molecular complexity index is 331. The number of nitrogens with two attached hydrogens (primary N) is 1. The third-order valence-corrected chi connectivity index (χ3v) is 3.78. The SMILES string of the molecule is N[C@@H](C[C@@H]1CCCNC1=O)C(O)C(=O)N1CCC1. The van der Waals surface area contributed by atoms with Crippen LogP contribution in [0.5, 0.6) is 0 Å². The minimum atomic E-state index is -1.18. The molecule has 4 N–H and O–H groups in total. The minimum absolute atomic E-state index is 0.0136. The first-order valence-electron chi connectivity index (χ1n) is 6.59. The first-order valence-corrected chi connectivity index (χ1v) is 6.59. The second-order valence-electron chi connectivity index (χ2n) is 5.15. The number of aliphatic hydroxyl groups is 1. The van der Waals surface area contributed by atoms with Gasteiger partial charge in [0, 0.05) is 31.6 Å². The quantitative estimate of drug-likeness (QED) is 0.589. The van der Waals surface area contributed by atoms with Crippen LogP contribution in [0.1, 0.15) is 25.7 Å². The van der Waals surface area contributed by atoms with Crippen molar-refractivity contribution in [2.24, 2.45) is 11.7 Å². The number of carbonyl (C=O) groups is 2. The summed E-state index contributed by atoms with van der Waals surface area (Å²) in [5.41, 5.74) is 5.85. The van der Waals surface area contributed by atoms with E-state index in [9.17, 15) is 14.7 Å². The highest BCUT2D eigenvalue weighted by molar-refractivity contribution is 5.82. The van der Waals surface area contributed by atoms with Crippen LogP contribution in [0, 0.1) is 5.92 Å². The topological polar surface area (TPSA) is 95.7 Å². The lowest BCUT2D eigenvalue weighted by Crippen LogP contribution is -2.53. The number of hydrogen-bond donors (Lipinski definition) is 3. The van der Waals surface area contributed by atoms with Crippen LogP contribution < -0.4 is 11.1 Å². The van der Waals surface area contributed by atoms with Gasteiger partial charge in [-0.05, 0) is 25.7 Å². The fourth-order valence-corrected chi connectivity index (χ4v) is 2.42. The molecule has 0 spiro atoms. The van der Waals surface area contributed by atoms with Gasteiger partial charge in [0.25, 0.3) is 5.91 Å². The van der Waals surface area contributed by atoms with Crippen molar-refractivity contribution in [2.75, 3.05) is 19.6 Å². The van der Waals surface area contributed by atoms with Gasteiger partial charge in [0.05, 0.1) is 0 Å².